The number of ketones is 1. The van der Waals surface area contributed by atoms with Gasteiger partial charge in [-0.2, -0.15) is 49.7 Å². The molecule has 2 aliphatic heterocycles. The van der Waals surface area contributed by atoms with Crippen molar-refractivity contribution in [2.45, 2.75) is 20.8 Å². The van der Waals surface area contributed by atoms with Gasteiger partial charge in [-0.3, -0.25) is 32.8 Å². The van der Waals surface area contributed by atoms with Crippen molar-refractivity contribution in [1.29, 1.82) is 0 Å². The summed E-state index contributed by atoms with van der Waals surface area (Å²) >= 11 is 1.73. The summed E-state index contributed by atoms with van der Waals surface area (Å²) in [7, 11) is 3.99. The number of carboxylic acids is 1. The van der Waals surface area contributed by atoms with Crippen LogP contribution in [0.2, 0.25) is 0 Å². The van der Waals surface area contributed by atoms with Gasteiger partial charge in [0.2, 0.25) is 0 Å². The number of aliphatic hydroxyl groups excluding tert-OH is 1. The molecule has 17 nitrogen and oxygen atoms in total. The Morgan fingerprint density at radius 2 is 1.22 bits per heavy atom. The number of halogens is 5. The second-order valence-electron chi connectivity index (χ2n) is 21.1. The molecule has 0 spiro atoms. The first-order chi connectivity index (χ1) is 49.3. The Bertz CT molecular complexity index is 4880. The van der Waals surface area contributed by atoms with E-state index in [-0.39, 0.29) is 135 Å². The van der Waals surface area contributed by atoms with E-state index in [1.54, 1.807) is 72.3 Å². The van der Waals surface area contributed by atoms with Crippen molar-refractivity contribution >= 4 is 61.6 Å². The van der Waals surface area contributed by atoms with E-state index < -0.39 is 35.2 Å². The van der Waals surface area contributed by atoms with Gasteiger partial charge < -0.3 is 55.0 Å². The van der Waals surface area contributed by atoms with Gasteiger partial charge in [0, 0.05) is 164 Å². The molecule has 28 heteroatoms. The molecular weight excluding hydrogens is 2280 g/mol. The number of allylic oxidation sites excluding steroid dienone is 2. The Labute approximate surface area is 688 Å². The number of nitrogens with zero attached hydrogens (tertiary/aromatic N) is 13. The van der Waals surface area contributed by atoms with Crippen molar-refractivity contribution in [1.82, 2.24) is 45.0 Å². The van der Waals surface area contributed by atoms with Crippen molar-refractivity contribution in [2.75, 3.05) is 28.8 Å². The van der Waals surface area contributed by atoms with Crippen LogP contribution in [-0.2, 0) is 105 Å². The summed E-state index contributed by atoms with van der Waals surface area (Å²) in [6, 6.07) is 72.1. The summed E-state index contributed by atoms with van der Waals surface area (Å²) in [5.74, 6) is -4.93. The fourth-order valence-corrected chi connectivity index (χ4v) is 9.84. The number of hydrogen-bond acceptors (Lipinski definition) is 15. The molecule has 107 heavy (non-hydrogen) atoms. The average molecular weight is 2340 g/mol. The zero-order valence-electron chi connectivity index (χ0n) is 56.8. The zero-order chi connectivity index (χ0) is 72.8. The van der Waals surface area contributed by atoms with Crippen LogP contribution in [0.1, 0.15) is 29.9 Å². The fraction of sp³-hybridized carbons (Fsp3) is 0.0633. The molecule has 0 aliphatic carbocycles. The van der Waals surface area contributed by atoms with E-state index in [9.17, 15) is 31.5 Å². The number of fused-ring (bicyclic) bond motifs is 2. The second kappa shape index (κ2) is 47.7. The quantitative estimate of drug-likeness (QED) is 0.0479. The van der Waals surface area contributed by atoms with E-state index in [4.69, 9.17) is 16.8 Å². The molecule has 5 aromatic carbocycles. The summed E-state index contributed by atoms with van der Waals surface area (Å²) in [6.45, 7) is 15.4. The number of thiophene rings is 1. The SMILES string of the molecule is CC(=O)C=C(C)O.CN1C=CN(c2[c-]cc(F)cc2)[CH-]1.CN1[CH-]N(c2[c-]cccc2)c2ccccc21.Fc1c[c-]c(-c2ccccn2)c(F)n1.O=C(O)c1ccccn1.[C-]#[N+]c1c(F)c[c-]c(-c2cc(C)ccn2)c1F.[Ir+3].[Ir].[Ir].[Ir].[Ir].[c-]1c(-c2ccccn2)sc2ccccc12.c1ccc(-c2ccn[n-]2)nc1. The van der Waals surface area contributed by atoms with Gasteiger partial charge in [-0.15, -0.1) is 76.9 Å². The topological polar surface area (TPSA) is 196 Å². The van der Waals surface area contributed by atoms with Crippen LogP contribution in [0.25, 0.3) is 59.4 Å². The van der Waals surface area contributed by atoms with Crippen molar-refractivity contribution < 1.29 is 142 Å². The van der Waals surface area contributed by atoms with E-state index in [0.717, 1.165) is 51.0 Å². The summed E-state index contributed by atoms with van der Waals surface area (Å²) in [6.07, 6.45) is 14.7. The first kappa shape index (κ1) is 91.4. The summed E-state index contributed by atoms with van der Waals surface area (Å²) in [4.78, 5) is 55.1. The van der Waals surface area contributed by atoms with Gasteiger partial charge >= 0.3 is 26.1 Å². The molecule has 556 valence electrons. The summed E-state index contributed by atoms with van der Waals surface area (Å²) < 4.78 is 66.3. The molecular formula is C79H60F5Ir5N13O4S-5. The molecule has 0 saturated heterocycles. The smallest absolute Gasteiger partial charge is 0.574 e. The Morgan fingerprint density at radius 3 is 1.75 bits per heavy atom. The molecule has 15 rings (SSSR count). The van der Waals surface area contributed by atoms with Crippen LogP contribution < -0.4 is 19.8 Å². The van der Waals surface area contributed by atoms with Crippen molar-refractivity contribution in [3.8, 4) is 44.5 Å². The number of anilines is 4. The third kappa shape index (κ3) is 28.8. The molecule has 0 fully saturated rings. The molecule has 0 atom stereocenters. The van der Waals surface area contributed by atoms with E-state index >= 15 is 0 Å². The number of aryl methyl sites for hydroxylation is 1. The molecule has 0 saturated carbocycles. The summed E-state index contributed by atoms with van der Waals surface area (Å²) in [5, 5.41) is 25.4. The number of aliphatic hydroxyl groups is 1. The van der Waals surface area contributed by atoms with E-state index in [1.807, 2.05) is 116 Å². The molecule has 13 aromatic rings. The van der Waals surface area contributed by atoms with Gasteiger partial charge in [-0.1, -0.05) is 95.7 Å². The standard InChI is InChI=1S/C14H12N2.C13H7F2N2.C13H8NS.C10H5F2N2.C10H9FN2.C8H6N3.C6H5NO2.C5H8O2.5Ir/c1-15-11-16(12-7-3-2-4-8-12)14-10-6-5-9-13(14)15;1-8-5-6-17-11(7-8)9-3-4-10(14)13(16-2)12(9)15;1-2-7-12-10(5-1)9-13(15-12)11-6-3-4-8-14-11;11-9-5-4-7(10(12)14-9)8-3-1-2-6-13-8;1-12-6-7-13(8-12)10-4-2-9(11)3-5-10;1-2-5-9-7(3-1)8-4-6-10-11-8;8-6(9)5-3-1-2-4-7-5;1-4(6)3-5(2)7;;;;;/h2-7,9-11H,1H3;4-7H,1H3;1-8H;1-3,5-6H;2-4,6-8H,1H3;1-6H;1-4H,(H,8,9);3,6H,1-2H3;;;;;/q-2;3*-1;-2;-1;;;;;;;+3. The molecule has 4 radical (unpaired) electrons. The fourth-order valence-electron chi connectivity index (χ4n) is 8.85. The van der Waals surface area contributed by atoms with Crippen LogP contribution in [0, 0.1) is 86.5 Å². The Balaban J connectivity index is 0.000000319. The van der Waals surface area contributed by atoms with Crippen molar-refractivity contribution in [3.05, 3.63) is 351 Å². The van der Waals surface area contributed by atoms with Crippen molar-refractivity contribution in [3.63, 3.8) is 0 Å². The second-order valence-corrected chi connectivity index (χ2v) is 22.2. The van der Waals surface area contributed by atoms with Gasteiger partial charge in [-0.25, -0.2) is 29.9 Å². The van der Waals surface area contributed by atoms with Gasteiger partial charge in [0.25, 0.3) is 0 Å². The predicted octanol–water partition coefficient (Wildman–Crippen LogP) is 17.7. The summed E-state index contributed by atoms with van der Waals surface area (Å²) in [5.41, 5.74) is 8.19. The van der Waals surface area contributed by atoms with Crippen LogP contribution >= 0.6 is 11.3 Å². The minimum Gasteiger partial charge on any atom is -0.574 e. The monoisotopic (exact) mass is 2350 g/mol. The van der Waals surface area contributed by atoms with Crippen LogP contribution in [0.5, 0.6) is 0 Å². The van der Waals surface area contributed by atoms with Gasteiger partial charge in [-0.05, 0) is 123 Å². The largest absolute Gasteiger partial charge is 3.00 e. The number of para-hydroxylation sites is 3. The number of benzene rings is 5. The minimum atomic E-state index is -0.990. The molecule has 0 bridgehead atoms. The molecule has 0 amide bonds. The van der Waals surface area contributed by atoms with Crippen LogP contribution in [0.3, 0.4) is 0 Å². The van der Waals surface area contributed by atoms with Crippen LogP contribution in [0.4, 0.5) is 50.4 Å². The zero-order valence-corrected chi connectivity index (χ0v) is 69.6. The van der Waals surface area contributed by atoms with E-state index in [1.165, 1.54) is 78.2 Å². The maximum absolute atomic E-state index is 13.8. The maximum Gasteiger partial charge on any atom is 3.00 e. The first-order valence-corrected chi connectivity index (χ1v) is 31.4. The van der Waals surface area contributed by atoms with Gasteiger partial charge in [0.1, 0.15) is 17.6 Å². The molecule has 10 heterocycles. The van der Waals surface area contributed by atoms with Crippen molar-refractivity contribution in [2.24, 2.45) is 0 Å². The van der Waals surface area contributed by atoms with E-state index in [0.29, 0.717) is 11.4 Å². The number of carbonyl (C=O) groups is 2. The average Bonchev–Trinajstić information content (AvgIpc) is 1.71. The number of carbonyl (C=O) groups excluding carboxylic acids is 1. The number of carboxylic acid groups (broad SMARTS) is 1. The number of pyridine rings is 6. The van der Waals surface area contributed by atoms with Gasteiger partial charge in [0.05, 0.1) is 12.3 Å². The van der Waals surface area contributed by atoms with E-state index in [2.05, 4.69) is 147 Å². The van der Waals surface area contributed by atoms with Crippen LogP contribution in [-0.4, -0.2) is 76.0 Å². The predicted molar refractivity (Wildman–Crippen MR) is 384 cm³/mol. The number of aromatic nitrogens is 8. The molecule has 2 N–H and O–H groups in total. The number of aromatic carboxylic acids is 1. The Hall–Kier alpha value is -9.82. The minimum absolute atomic E-state index is 0. The van der Waals surface area contributed by atoms with Crippen LogP contribution in [0.15, 0.2) is 256 Å². The first-order valence-electron chi connectivity index (χ1n) is 30.5. The number of hydrogen-bond donors (Lipinski definition) is 2. The van der Waals surface area contributed by atoms with Gasteiger partial charge in [0.15, 0.2) is 11.5 Å². The number of rotatable bonds is 8. The third-order valence-corrected chi connectivity index (χ3v) is 14.5. The third-order valence-electron chi connectivity index (χ3n) is 13.4. The molecule has 0 unspecified atom stereocenters. The Morgan fingerprint density at radius 1 is 0.607 bits per heavy atom. The normalized spacial score (nSPS) is 10.9. The Kier molecular flexibility index (Phi) is 40.7. The molecule has 2 aliphatic rings. The molecule has 8 aromatic heterocycles. The maximum atomic E-state index is 13.8.